The van der Waals surface area contributed by atoms with Crippen LogP contribution in [0.1, 0.15) is 156 Å². The molecule has 0 aliphatic heterocycles. The molecule has 0 saturated carbocycles. The Kier molecular flexibility index (Phi) is 39.2. The van der Waals surface area contributed by atoms with Gasteiger partial charge in [-0.2, -0.15) is 0 Å². The Morgan fingerprint density at radius 2 is 0.697 bits per heavy atom. The van der Waals surface area contributed by atoms with Gasteiger partial charge in [-0.05, 0) is 25.9 Å². The van der Waals surface area contributed by atoms with Crippen LogP contribution in [-0.2, 0) is 9.59 Å². The number of carbonyl (C=O) groups excluding carboxylic acids is 2. The first kappa shape index (κ1) is 36.5. The third-order valence-corrected chi connectivity index (χ3v) is 5.55. The predicted octanol–water partition coefficient (Wildman–Crippen LogP) is 7.40. The van der Waals surface area contributed by atoms with Gasteiger partial charge in [-0.1, -0.05) is 130 Å². The first-order valence-electron chi connectivity index (χ1n) is 14.2. The van der Waals surface area contributed by atoms with E-state index in [1.54, 1.807) is 0 Å². The van der Waals surface area contributed by atoms with Crippen LogP contribution in [0.2, 0.25) is 0 Å². The molecule has 0 atom stereocenters. The van der Waals surface area contributed by atoms with Crippen LogP contribution in [0.15, 0.2) is 0 Å². The van der Waals surface area contributed by atoms with Crippen LogP contribution in [0.25, 0.3) is 0 Å². The highest BCUT2D eigenvalue weighted by molar-refractivity contribution is 5.73. The van der Waals surface area contributed by atoms with E-state index in [2.05, 4.69) is 33.0 Å². The molecule has 0 unspecified atom stereocenters. The van der Waals surface area contributed by atoms with E-state index in [9.17, 15) is 9.59 Å². The monoisotopic (exact) mass is 471 g/mol. The summed E-state index contributed by atoms with van der Waals surface area (Å²) in [5.41, 5.74) is 10.1. The maximum atomic E-state index is 10.4. The second kappa shape index (κ2) is 35.5. The van der Waals surface area contributed by atoms with Crippen molar-refractivity contribution < 1.29 is 9.59 Å². The van der Waals surface area contributed by atoms with Gasteiger partial charge in [0.15, 0.2) is 0 Å². The Labute approximate surface area is 207 Å². The molecular weight excluding hydrogens is 410 g/mol. The Morgan fingerprint density at radius 1 is 0.455 bits per heavy atom. The minimum absolute atomic E-state index is 0.159. The van der Waals surface area contributed by atoms with E-state index >= 15 is 0 Å². The van der Waals surface area contributed by atoms with Crippen LogP contribution >= 0.6 is 0 Å². The molecule has 0 aromatic carbocycles. The fourth-order valence-electron chi connectivity index (χ4n) is 3.47. The summed E-state index contributed by atoms with van der Waals surface area (Å²) in [5, 5.41) is 3.11. The smallest absolute Gasteiger partial charge is 0.217 e. The number of hydrogen-bond acceptors (Lipinski definition) is 3. The van der Waals surface area contributed by atoms with Crippen LogP contribution in [0, 0.1) is 0 Å². The average Bonchev–Trinajstić information content (AvgIpc) is 2.78. The summed E-state index contributed by atoms with van der Waals surface area (Å²) >= 11 is 0. The summed E-state index contributed by atoms with van der Waals surface area (Å²) in [6.07, 6.45) is 24.2. The summed E-state index contributed by atoms with van der Waals surface area (Å²) in [7, 11) is 0. The second-order valence-corrected chi connectivity index (χ2v) is 9.05. The zero-order valence-corrected chi connectivity index (χ0v) is 23.0. The van der Waals surface area contributed by atoms with Crippen molar-refractivity contribution in [3.63, 3.8) is 0 Å². The lowest BCUT2D eigenvalue weighted by atomic mass is 10.1. The minimum Gasteiger partial charge on any atom is -0.370 e. The van der Waals surface area contributed by atoms with E-state index < -0.39 is 0 Å². The van der Waals surface area contributed by atoms with Gasteiger partial charge in [-0.15, -0.1) is 0 Å². The SMILES string of the molecule is CCCCCCCCCCCC(N)=O.CCCCCCCCCCCC(N)=O.CCNCC. The topological polar surface area (TPSA) is 98.2 Å². The second-order valence-electron chi connectivity index (χ2n) is 9.05. The third kappa shape index (κ3) is 49.2. The van der Waals surface area contributed by atoms with Crippen LogP contribution in [-0.4, -0.2) is 24.9 Å². The van der Waals surface area contributed by atoms with Crippen molar-refractivity contribution in [2.45, 2.75) is 156 Å². The fourth-order valence-corrected chi connectivity index (χ4v) is 3.47. The number of nitrogens with two attached hydrogens (primary N) is 2. The van der Waals surface area contributed by atoms with Gasteiger partial charge in [0.25, 0.3) is 0 Å². The van der Waals surface area contributed by atoms with Crippen molar-refractivity contribution in [1.29, 1.82) is 0 Å². The van der Waals surface area contributed by atoms with Gasteiger partial charge in [-0.3, -0.25) is 9.59 Å². The highest BCUT2D eigenvalue weighted by Gasteiger charge is 1.95. The number of nitrogens with one attached hydrogen (secondary N) is 1. The molecule has 0 bridgehead atoms. The molecule has 0 radical (unpaired) electrons. The van der Waals surface area contributed by atoms with E-state index in [-0.39, 0.29) is 11.8 Å². The largest absolute Gasteiger partial charge is 0.370 e. The lowest BCUT2D eigenvalue weighted by Crippen LogP contribution is -2.09. The highest BCUT2D eigenvalue weighted by Crippen LogP contribution is 2.11. The lowest BCUT2D eigenvalue weighted by molar-refractivity contribution is -0.119. The summed E-state index contributed by atoms with van der Waals surface area (Å²) in [5.74, 6) is -0.319. The van der Waals surface area contributed by atoms with Gasteiger partial charge in [0.05, 0.1) is 0 Å². The van der Waals surface area contributed by atoms with Crippen LogP contribution in [0.4, 0.5) is 0 Å². The standard InChI is InChI=1S/2C12H25NO.C4H11N/c2*1-2-3-4-5-6-7-8-9-10-11-12(13)14;1-3-5-4-2/h2*2-11H2,1H3,(H2,13,14);5H,3-4H2,1-2H3. The highest BCUT2D eigenvalue weighted by atomic mass is 16.1. The van der Waals surface area contributed by atoms with E-state index in [4.69, 9.17) is 11.5 Å². The average molecular weight is 472 g/mol. The molecule has 33 heavy (non-hydrogen) atoms. The lowest BCUT2D eigenvalue weighted by Gasteiger charge is -2.00. The molecule has 0 heterocycles. The van der Waals surface area contributed by atoms with Crippen molar-refractivity contribution in [1.82, 2.24) is 5.32 Å². The van der Waals surface area contributed by atoms with Crippen LogP contribution < -0.4 is 16.8 Å². The van der Waals surface area contributed by atoms with E-state index in [1.807, 2.05) is 0 Å². The molecule has 0 aromatic rings. The van der Waals surface area contributed by atoms with Crippen molar-refractivity contribution in [2.24, 2.45) is 11.5 Å². The number of rotatable bonds is 22. The summed E-state index contributed by atoms with van der Waals surface area (Å²) in [6.45, 7) is 10.9. The molecule has 0 aromatic heterocycles. The zero-order valence-electron chi connectivity index (χ0n) is 23.0. The molecular formula is C28H61N3O2. The number of primary amides is 2. The molecule has 2 amide bonds. The quantitative estimate of drug-likeness (QED) is 0.143. The van der Waals surface area contributed by atoms with Gasteiger partial charge < -0.3 is 16.8 Å². The molecule has 5 heteroatoms. The third-order valence-electron chi connectivity index (χ3n) is 5.55. The Hall–Kier alpha value is -1.10. The van der Waals surface area contributed by atoms with E-state index in [0.717, 1.165) is 38.8 Å². The Balaban J connectivity index is -0.000000453. The molecule has 0 spiro atoms. The van der Waals surface area contributed by atoms with Gasteiger partial charge in [0.2, 0.25) is 11.8 Å². The predicted molar refractivity (Wildman–Crippen MR) is 146 cm³/mol. The van der Waals surface area contributed by atoms with Crippen molar-refractivity contribution >= 4 is 11.8 Å². The number of carbonyl (C=O) groups is 2. The molecule has 5 nitrogen and oxygen atoms in total. The molecule has 5 N–H and O–H groups in total. The molecule has 0 aliphatic carbocycles. The molecule has 0 fully saturated rings. The normalized spacial score (nSPS) is 10.1. The van der Waals surface area contributed by atoms with Crippen molar-refractivity contribution in [2.75, 3.05) is 13.1 Å². The van der Waals surface area contributed by atoms with Crippen molar-refractivity contribution in [3.05, 3.63) is 0 Å². The Morgan fingerprint density at radius 3 is 0.879 bits per heavy atom. The Bertz CT molecular complexity index is 342. The van der Waals surface area contributed by atoms with Gasteiger partial charge in [0, 0.05) is 12.8 Å². The zero-order chi connectivity index (χ0) is 25.4. The molecule has 0 saturated heterocycles. The first-order valence-corrected chi connectivity index (χ1v) is 14.2. The number of unbranched alkanes of at least 4 members (excludes halogenated alkanes) is 16. The fraction of sp³-hybridized carbons (Fsp3) is 0.929. The van der Waals surface area contributed by atoms with Gasteiger partial charge in [-0.25, -0.2) is 0 Å². The summed E-state index contributed by atoms with van der Waals surface area (Å²) in [4.78, 5) is 20.9. The van der Waals surface area contributed by atoms with Gasteiger partial charge >= 0.3 is 0 Å². The molecule has 0 rings (SSSR count). The summed E-state index contributed by atoms with van der Waals surface area (Å²) < 4.78 is 0. The van der Waals surface area contributed by atoms with Crippen LogP contribution in [0.5, 0.6) is 0 Å². The van der Waals surface area contributed by atoms with E-state index in [0.29, 0.717) is 12.8 Å². The van der Waals surface area contributed by atoms with Crippen LogP contribution in [0.3, 0.4) is 0 Å². The maximum Gasteiger partial charge on any atom is 0.217 e. The maximum absolute atomic E-state index is 10.4. The minimum atomic E-state index is -0.159. The van der Waals surface area contributed by atoms with Crippen molar-refractivity contribution in [3.8, 4) is 0 Å². The number of hydrogen-bond donors (Lipinski definition) is 3. The van der Waals surface area contributed by atoms with Gasteiger partial charge in [0.1, 0.15) is 0 Å². The van der Waals surface area contributed by atoms with E-state index in [1.165, 1.54) is 89.9 Å². The summed E-state index contributed by atoms with van der Waals surface area (Å²) in [6, 6.07) is 0. The molecule has 0 aliphatic rings. The molecule has 200 valence electrons. The number of amides is 2. The first-order chi connectivity index (χ1) is 16.0.